The first-order chi connectivity index (χ1) is 12.6. The van der Waals surface area contributed by atoms with Gasteiger partial charge in [-0.15, -0.1) is 0 Å². The van der Waals surface area contributed by atoms with Gasteiger partial charge in [0.2, 0.25) is 5.88 Å². The summed E-state index contributed by atoms with van der Waals surface area (Å²) in [6, 6.07) is 12.6. The molecule has 0 atom stereocenters. The van der Waals surface area contributed by atoms with Crippen LogP contribution in [-0.2, 0) is 4.74 Å². The van der Waals surface area contributed by atoms with Crippen LogP contribution in [0.1, 0.15) is 30.3 Å². The van der Waals surface area contributed by atoms with Gasteiger partial charge < -0.3 is 14.6 Å². The highest BCUT2D eigenvalue weighted by Gasteiger charge is 2.21. The molecule has 3 aromatic rings. The lowest BCUT2D eigenvalue weighted by molar-refractivity contribution is 0.0488. The molecule has 5 nitrogen and oxygen atoms in total. The summed E-state index contributed by atoms with van der Waals surface area (Å²) in [6.07, 6.45) is 1.57. The normalized spacial score (nSPS) is 10.7. The van der Waals surface area contributed by atoms with Crippen molar-refractivity contribution in [1.29, 1.82) is 0 Å². The highest BCUT2D eigenvalue weighted by atomic mass is 19.1. The second kappa shape index (κ2) is 7.82. The standard InChI is InChI=1S/C20H18FNO4/c1-2-3-12-25-20(24)17-18(23)13-8-4-5-9-14(13)19(22-17)26-16-11-7-6-10-15(16)21/h4-11,23H,2-3,12H2,1H3. The van der Waals surface area contributed by atoms with Crippen LogP contribution in [0.4, 0.5) is 4.39 Å². The van der Waals surface area contributed by atoms with E-state index in [1.54, 1.807) is 36.4 Å². The van der Waals surface area contributed by atoms with Crippen LogP contribution in [0.3, 0.4) is 0 Å². The first-order valence-electron chi connectivity index (χ1n) is 8.33. The maximum absolute atomic E-state index is 13.9. The van der Waals surface area contributed by atoms with Gasteiger partial charge >= 0.3 is 5.97 Å². The Labute approximate surface area is 150 Å². The zero-order valence-corrected chi connectivity index (χ0v) is 14.2. The third-order valence-corrected chi connectivity index (χ3v) is 3.82. The van der Waals surface area contributed by atoms with Crippen LogP contribution in [-0.4, -0.2) is 22.7 Å². The predicted octanol–water partition coefficient (Wildman–Crippen LogP) is 4.83. The minimum absolute atomic E-state index is 0.0194. The summed E-state index contributed by atoms with van der Waals surface area (Å²) < 4.78 is 24.7. The average molecular weight is 355 g/mol. The van der Waals surface area contributed by atoms with Crippen molar-refractivity contribution in [2.75, 3.05) is 6.61 Å². The molecule has 0 aliphatic carbocycles. The summed E-state index contributed by atoms with van der Waals surface area (Å²) >= 11 is 0. The Balaban J connectivity index is 2.05. The molecule has 2 aromatic carbocycles. The minimum Gasteiger partial charge on any atom is -0.505 e. The van der Waals surface area contributed by atoms with E-state index in [-0.39, 0.29) is 29.7 Å². The fourth-order valence-electron chi connectivity index (χ4n) is 2.45. The van der Waals surface area contributed by atoms with Crippen molar-refractivity contribution >= 4 is 16.7 Å². The van der Waals surface area contributed by atoms with Crippen LogP contribution < -0.4 is 4.74 Å². The minimum atomic E-state index is -0.750. The van der Waals surface area contributed by atoms with Gasteiger partial charge in [-0.2, -0.15) is 0 Å². The van der Waals surface area contributed by atoms with E-state index in [1.165, 1.54) is 12.1 Å². The number of hydrogen-bond donors (Lipinski definition) is 1. The molecule has 3 rings (SSSR count). The molecular formula is C20H18FNO4. The van der Waals surface area contributed by atoms with E-state index in [2.05, 4.69) is 4.98 Å². The number of benzene rings is 2. The van der Waals surface area contributed by atoms with Gasteiger partial charge in [-0.05, 0) is 24.6 Å². The van der Waals surface area contributed by atoms with Gasteiger partial charge in [0, 0.05) is 10.8 Å². The van der Waals surface area contributed by atoms with Gasteiger partial charge in [0.15, 0.2) is 23.0 Å². The third-order valence-electron chi connectivity index (χ3n) is 3.82. The fourth-order valence-corrected chi connectivity index (χ4v) is 2.45. The number of nitrogens with zero attached hydrogens (tertiary/aromatic N) is 1. The smallest absolute Gasteiger partial charge is 0.360 e. The summed E-state index contributed by atoms with van der Waals surface area (Å²) in [4.78, 5) is 16.4. The summed E-state index contributed by atoms with van der Waals surface area (Å²) in [7, 11) is 0. The van der Waals surface area contributed by atoms with Gasteiger partial charge in [-0.25, -0.2) is 14.2 Å². The summed E-state index contributed by atoms with van der Waals surface area (Å²) in [5.74, 6) is -1.60. The van der Waals surface area contributed by atoms with Gasteiger partial charge in [0.25, 0.3) is 0 Å². The zero-order valence-electron chi connectivity index (χ0n) is 14.2. The van der Waals surface area contributed by atoms with E-state index in [0.29, 0.717) is 17.2 Å². The quantitative estimate of drug-likeness (QED) is 0.507. The molecule has 0 fully saturated rings. The highest BCUT2D eigenvalue weighted by Crippen LogP contribution is 2.36. The molecule has 0 radical (unpaired) electrons. The highest BCUT2D eigenvalue weighted by molar-refractivity contribution is 6.01. The first-order valence-corrected chi connectivity index (χ1v) is 8.33. The molecule has 0 bridgehead atoms. The summed E-state index contributed by atoms with van der Waals surface area (Å²) in [5, 5.41) is 11.3. The molecule has 26 heavy (non-hydrogen) atoms. The van der Waals surface area contributed by atoms with E-state index >= 15 is 0 Å². The molecule has 0 aliphatic heterocycles. The first kappa shape index (κ1) is 17.7. The van der Waals surface area contributed by atoms with Crippen molar-refractivity contribution in [3.8, 4) is 17.4 Å². The topological polar surface area (TPSA) is 68.7 Å². The van der Waals surface area contributed by atoms with E-state index in [1.807, 2.05) is 6.92 Å². The second-order valence-electron chi connectivity index (χ2n) is 5.68. The number of rotatable bonds is 6. The van der Waals surface area contributed by atoms with E-state index < -0.39 is 11.8 Å². The lowest BCUT2D eigenvalue weighted by Crippen LogP contribution is -2.10. The maximum Gasteiger partial charge on any atom is 0.360 e. The number of carbonyl (C=O) groups is 1. The molecule has 0 amide bonds. The number of unbranched alkanes of at least 4 members (excludes halogenated alkanes) is 1. The number of esters is 1. The lowest BCUT2D eigenvalue weighted by Gasteiger charge is -2.12. The number of hydrogen-bond acceptors (Lipinski definition) is 5. The largest absolute Gasteiger partial charge is 0.505 e. The van der Waals surface area contributed by atoms with Gasteiger partial charge in [0.1, 0.15) is 0 Å². The van der Waals surface area contributed by atoms with Crippen molar-refractivity contribution in [3.63, 3.8) is 0 Å². The third kappa shape index (κ3) is 3.59. The van der Waals surface area contributed by atoms with Crippen molar-refractivity contribution < 1.29 is 23.8 Å². The Bertz CT molecular complexity index is 942. The number of fused-ring (bicyclic) bond motifs is 1. The predicted molar refractivity (Wildman–Crippen MR) is 95.1 cm³/mol. The molecule has 0 saturated heterocycles. The summed E-state index contributed by atoms with van der Waals surface area (Å²) in [5.41, 5.74) is -0.258. The Morgan fingerprint density at radius 3 is 2.54 bits per heavy atom. The van der Waals surface area contributed by atoms with Gasteiger partial charge in [-0.1, -0.05) is 43.7 Å². The van der Waals surface area contributed by atoms with Crippen molar-refractivity contribution in [2.24, 2.45) is 0 Å². The van der Waals surface area contributed by atoms with Crippen LogP contribution in [0.15, 0.2) is 48.5 Å². The van der Waals surface area contributed by atoms with Crippen molar-refractivity contribution in [1.82, 2.24) is 4.98 Å². The van der Waals surface area contributed by atoms with E-state index in [0.717, 1.165) is 6.42 Å². The molecule has 1 aromatic heterocycles. The number of para-hydroxylation sites is 1. The number of carbonyl (C=O) groups excluding carboxylic acids is 1. The number of ether oxygens (including phenoxy) is 2. The van der Waals surface area contributed by atoms with Crippen molar-refractivity contribution in [2.45, 2.75) is 19.8 Å². The maximum atomic E-state index is 13.9. The Morgan fingerprint density at radius 1 is 1.12 bits per heavy atom. The summed E-state index contributed by atoms with van der Waals surface area (Å²) in [6.45, 7) is 2.20. The van der Waals surface area contributed by atoms with E-state index in [9.17, 15) is 14.3 Å². The van der Waals surface area contributed by atoms with Crippen LogP contribution in [0.2, 0.25) is 0 Å². The molecule has 1 heterocycles. The Hall–Kier alpha value is -3.15. The molecule has 1 N–H and O–H groups in total. The van der Waals surface area contributed by atoms with Gasteiger partial charge in [0.05, 0.1) is 6.61 Å². The Morgan fingerprint density at radius 2 is 1.81 bits per heavy atom. The second-order valence-corrected chi connectivity index (χ2v) is 5.68. The molecule has 0 saturated carbocycles. The number of pyridine rings is 1. The molecule has 134 valence electrons. The average Bonchev–Trinajstić information content (AvgIpc) is 2.66. The van der Waals surface area contributed by atoms with Crippen LogP contribution >= 0.6 is 0 Å². The fraction of sp³-hybridized carbons (Fsp3) is 0.200. The van der Waals surface area contributed by atoms with Crippen LogP contribution in [0.25, 0.3) is 10.8 Å². The number of aromatic nitrogens is 1. The molecule has 6 heteroatoms. The number of halogens is 1. The van der Waals surface area contributed by atoms with E-state index in [4.69, 9.17) is 9.47 Å². The Kier molecular flexibility index (Phi) is 5.31. The van der Waals surface area contributed by atoms with Crippen molar-refractivity contribution in [3.05, 3.63) is 60.0 Å². The van der Waals surface area contributed by atoms with Crippen LogP contribution in [0, 0.1) is 5.82 Å². The van der Waals surface area contributed by atoms with Gasteiger partial charge in [-0.3, -0.25) is 0 Å². The molecule has 0 spiro atoms. The molecule has 0 unspecified atom stereocenters. The SMILES string of the molecule is CCCCOC(=O)c1nc(Oc2ccccc2F)c2ccccc2c1O. The molecular weight excluding hydrogens is 337 g/mol. The molecule has 0 aliphatic rings. The zero-order chi connectivity index (χ0) is 18.5. The lowest BCUT2D eigenvalue weighted by atomic mass is 10.1. The monoisotopic (exact) mass is 355 g/mol. The van der Waals surface area contributed by atoms with Crippen LogP contribution in [0.5, 0.6) is 17.4 Å². The number of aromatic hydroxyl groups is 1.